The van der Waals surface area contributed by atoms with Gasteiger partial charge in [-0.3, -0.25) is 4.98 Å². The summed E-state index contributed by atoms with van der Waals surface area (Å²) in [5.41, 5.74) is 7.17. The maximum absolute atomic E-state index is 5.57. The third-order valence-corrected chi connectivity index (χ3v) is 3.19. The van der Waals surface area contributed by atoms with Crippen LogP contribution in [0.4, 0.5) is 5.13 Å². The van der Waals surface area contributed by atoms with E-state index in [-0.39, 0.29) is 0 Å². The van der Waals surface area contributed by atoms with Crippen LogP contribution in [0.3, 0.4) is 0 Å². The first-order valence-corrected chi connectivity index (χ1v) is 6.27. The van der Waals surface area contributed by atoms with Gasteiger partial charge in [-0.15, -0.1) is 11.3 Å². The predicted octanol–water partition coefficient (Wildman–Crippen LogP) is 2.67. The van der Waals surface area contributed by atoms with Gasteiger partial charge in [-0.25, -0.2) is 4.98 Å². The van der Waals surface area contributed by atoms with Crippen LogP contribution >= 0.6 is 11.3 Å². The van der Waals surface area contributed by atoms with Gasteiger partial charge in [0.25, 0.3) is 0 Å². The normalized spacial score (nSPS) is 10.0. The summed E-state index contributed by atoms with van der Waals surface area (Å²) in [4.78, 5) is 8.29. The highest BCUT2D eigenvalue weighted by Gasteiger charge is 1.98. The fraction of sp³-hybridized carbons (Fsp3) is 0. The van der Waals surface area contributed by atoms with Crippen molar-refractivity contribution in [3.05, 3.63) is 53.3 Å². The van der Waals surface area contributed by atoms with Gasteiger partial charge in [0.2, 0.25) is 0 Å². The molecular weight excluding hydrogens is 242 g/mol. The van der Waals surface area contributed by atoms with Gasteiger partial charge in [0.15, 0.2) is 5.13 Å². The highest BCUT2D eigenvalue weighted by molar-refractivity contribution is 7.13. The Kier molecular flexibility index (Phi) is 2.67. The Morgan fingerprint density at radius 1 is 1.11 bits per heavy atom. The Labute approximate surface area is 108 Å². The molecule has 18 heavy (non-hydrogen) atoms. The summed E-state index contributed by atoms with van der Waals surface area (Å²) in [5, 5.41) is 4.57. The number of nitrogens with two attached hydrogens (primary N) is 1. The molecule has 3 nitrogen and oxygen atoms in total. The van der Waals surface area contributed by atoms with Crippen LogP contribution in [0.2, 0.25) is 0 Å². The average molecular weight is 251 g/mol. The fourth-order valence-electron chi connectivity index (χ4n) is 1.69. The van der Waals surface area contributed by atoms with Crippen LogP contribution in [0, 0.1) is 11.8 Å². The van der Waals surface area contributed by atoms with Crippen molar-refractivity contribution in [2.45, 2.75) is 0 Å². The first kappa shape index (κ1) is 10.8. The Balaban J connectivity index is 2.08. The van der Waals surface area contributed by atoms with Crippen molar-refractivity contribution in [1.29, 1.82) is 0 Å². The number of nitrogen functional groups attached to an aromatic ring is 1. The molecule has 2 aromatic heterocycles. The van der Waals surface area contributed by atoms with Crippen molar-refractivity contribution >= 4 is 27.2 Å². The van der Waals surface area contributed by atoms with Crippen molar-refractivity contribution in [2.24, 2.45) is 0 Å². The highest BCUT2D eigenvalue weighted by atomic mass is 32.1. The molecule has 86 valence electrons. The summed E-state index contributed by atoms with van der Waals surface area (Å²) in [6.07, 6.45) is 3.60. The number of aromatic nitrogens is 2. The Hall–Kier alpha value is -2.38. The molecule has 0 atom stereocenters. The van der Waals surface area contributed by atoms with E-state index in [0.717, 1.165) is 16.3 Å². The van der Waals surface area contributed by atoms with E-state index in [1.54, 1.807) is 6.20 Å². The Morgan fingerprint density at radius 2 is 2.00 bits per heavy atom. The molecule has 0 bridgehead atoms. The Bertz CT molecular complexity index is 760. The second kappa shape index (κ2) is 4.47. The molecule has 3 rings (SSSR count). The molecule has 3 aromatic rings. The number of rotatable bonds is 0. The molecule has 0 aliphatic heterocycles. The number of hydrogen-bond donors (Lipinski definition) is 1. The second-order valence-electron chi connectivity index (χ2n) is 3.73. The lowest BCUT2D eigenvalue weighted by atomic mass is 10.1. The van der Waals surface area contributed by atoms with Gasteiger partial charge >= 0.3 is 0 Å². The number of nitrogens with zero attached hydrogens (tertiary/aromatic N) is 2. The number of fused-ring (bicyclic) bond motifs is 1. The van der Waals surface area contributed by atoms with E-state index in [4.69, 9.17) is 5.73 Å². The summed E-state index contributed by atoms with van der Waals surface area (Å²) in [6, 6.07) is 8.04. The molecular formula is C14H9N3S. The van der Waals surface area contributed by atoms with Crippen LogP contribution < -0.4 is 5.73 Å². The van der Waals surface area contributed by atoms with Gasteiger partial charge in [-0.1, -0.05) is 30.2 Å². The zero-order valence-corrected chi connectivity index (χ0v) is 10.2. The van der Waals surface area contributed by atoms with Crippen LogP contribution in [-0.4, -0.2) is 9.97 Å². The molecule has 2 heterocycles. The monoisotopic (exact) mass is 251 g/mol. The van der Waals surface area contributed by atoms with Gasteiger partial charge in [0, 0.05) is 28.5 Å². The molecule has 0 amide bonds. The highest BCUT2D eigenvalue weighted by Crippen LogP contribution is 2.16. The zero-order valence-electron chi connectivity index (χ0n) is 9.42. The predicted molar refractivity (Wildman–Crippen MR) is 74.2 cm³/mol. The topological polar surface area (TPSA) is 51.8 Å². The summed E-state index contributed by atoms with van der Waals surface area (Å²) >= 11 is 1.39. The molecule has 0 unspecified atom stereocenters. The number of pyridine rings is 1. The minimum absolute atomic E-state index is 0.537. The van der Waals surface area contributed by atoms with Crippen molar-refractivity contribution in [1.82, 2.24) is 9.97 Å². The molecule has 4 heteroatoms. The molecule has 0 spiro atoms. The molecule has 0 aliphatic rings. The SMILES string of the molecule is Nc1nc(C#Cc2cncc3ccccc23)cs1. The van der Waals surface area contributed by atoms with E-state index in [0.29, 0.717) is 10.8 Å². The first-order chi connectivity index (χ1) is 8.83. The van der Waals surface area contributed by atoms with E-state index in [2.05, 4.69) is 21.8 Å². The molecule has 2 N–H and O–H groups in total. The molecule has 0 aliphatic carbocycles. The van der Waals surface area contributed by atoms with E-state index < -0.39 is 0 Å². The summed E-state index contributed by atoms with van der Waals surface area (Å²) in [7, 11) is 0. The van der Waals surface area contributed by atoms with E-state index in [9.17, 15) is 0 Å². The third kappa shape index (κ3) is 2.04. The summed E-state index contributed by atoms with van der Waals surface area (Å²) < 4.78 is 0. The molecule has 1 aromatic carbocycles. The third-order valence-electron chi connectivity index (χ3n) is 2.52. The molecule has 0 radical (unpaired) electrons. The maximum Gasteiger partial charge on any atom is 0.181 e. The van der Waals surface area contributed by atoms with Crippen LogP contribution in [0.15, 0.2) is 42.0 Å². The standard InChI is InChI=1S/C14H9N3S/c15-14-17-12(9-18-14)6-5-11-8-16-7-10-3-1-2-4-13(10)11/h1-4,7-9H,(H2,15,17). The van der Waals surface area contributed by atoms with Gasteiger partial charge in [0.1, 0.15) is 5.69 Å². The molecule has 0 fully saturated rings. The number of benzene rings is 1. The maximum atomic E-state index is 5.57. The van der Waals surface area contributed by atoms with Crippen molar-refractivity contribution < 1.29 is 0 Å². The largest absolute Gasteiger partial charge is 0.375 e. The summed E-state index contributed by atoms with van der Waals surface area (Å²) in [6.45, 7) is 0. The average Bonchev–Trinajstić information content (AvgIpc) is 2.82. The van der Waals surface area contributed by atoms with Gasteiger partial charge < -0.3 is 5.73 Å². The number of thiazole rings is 1. The lowest BCUT2D eigenvalue weighted by Gasteiger charge is -1.98. The first-order valence-electron chi connectivity index (χ1n) is 5.39. The lowest BCUT2D eigenvalue weighted by molar-refractivity contribution is 1.35. The van der Waals surface area contributed by atoms with Crippen LogP contribution in [0.1, 0.15) is 11.3 Å². The molecule has 0 saturated heterocycles. The van der Waals surface area contributed by atoms with E-state index >= 15 is 0 Å². The lowest BCUT2D eigenvalue weighted by Crippen LogP contribution is -1.84. The van der Waals surface area contributed by atoms with E-state index in [1.165, 1.54) is 11.3 Å². The van der Waals surface area contributed by atoms with Crippen molar-refractivity contribution in [3.63, 3.8) is 0 Å². The number of anilines is 1. The zero-order chi connectivity index (χ0) is 12.4. The Morgan fingerprint density at radius 3 is 2.83 bits per heavy atom. The van der Waals surface area contributed by atoms with Gasteiger partial charge in [-0.05, 0) is 5.92 Å². The minimum Gasteiger partial charge on any atom is -0.375 e. The van der Waals surface area contributed by atoms with Crippen LogP contribution in [0.5, 0.6) is 0 Å². The smallest absolute Gasteiger partial charge is 0.181 e. The van der Waals surface area contributed by atoms with Gasteiger partial charge in [0.05, 0.1) is 5.56 Å². The quantitative estimate of drug-likeness (QED) is 0.625. The van der Waals surface area contributed by atoms with E-state index in [1.807, 2.05) is 35.8 Å². The minimum atomic E-state index is 0.537. The van der Waals surface area contributed by atoms with Gasteiger partial charge in [-0.2, -0.15) is 0 Å². The molecule has 0 saturated carbocycles. The fourth-order valence-corrected chi connectivity index (χ4v) is 2.19. The van der Waals surface area contributed by atoms with Crippen LogP contribution in [-0.2, 0) is 0 Å². The number of hydrogen-bond acceptors (Lipinski definition) is 4. The summed E-state index contributed by atoms with van der Waals surface area (Å²) in [5.74, 6) is 6.10. The second-order valence-corrected chi connectivity index (χ2v) is 4.62. The van der Waals surface area contributed by atoms with Crippen molar-refractivity contribution in [2.75, 3.05) is 5.73 Å². The van der Waals surface area contributed by atoms with Crippen LogP contribution in [0.25, 0.3) is 10.8 Å². The van der Waals surface area contributed by atoms with Crippen molar-refractivity contribution in [3.8, 4) is 11.8 Å².